The zero-order valence-corrected chi connectivity index (χ0v) is 9.56. The summed E-state index contributed by atoms with van der Waals surface area (Å²) in [7, 11) is 1.75. The SMILES string of the molecule is C=C1OC(=O)N(C)C1(CC)c1ccccc1. The third-order valence-corrected chi connectivity index (χ3v) is 3.28. The lowest BCUT2D eigenvalue weighted by Crippen LogP contribution is -2.40. The fourth-order valence-corrected chi connectivity index (χ4v) is 2.31. The summed E-state index contributed by atoms with van der Waals surface area (Å²) in [6, 6.07) is 9.85. The second kappa shape index (κ2) is 3.67. The fraction of sp³-hybridized carbons (Fsp3) is 0.308. The van der Waals surface area contributed by atoms with Gasteiger partial charge >= 0.3 is 6.09 Å². The summed E-state index contributed by atoms with van der Waals surface area (Å²) in [5, 5.41) is 0. The van der Waals surface area contributed by atoms with Crippen LogP contribution in [0, 0.1) is 0 Å². The van der Waals surface area contributed by atoms with Crippen LogP contribution in [0.2, 0.25) is 0 Å². The third-order valence-electron chi connectivity index (χ3n) is 3.28. The number of cyclic esters (lactones) is 1. The normalized spacial score (nSPS) is 24.8. The number of carbonyl (C=O) groups excluding carboxylic acids is 1. The molecule has 3 heteroatoms. The molecule has 1 atom stereocenters. The number of rotatable bonds is 2. The molecule has 3 nitrogen and oxygen atoms in total. The van der Waals surface area contributed by atoms with Gasteiger partial charge in [-0.25, -0.2) is 4.79 Å². The van der Waals surface area contributed by atoms with Crippen LogP contribution in [0.3, 0.4) is 0 Å². The van der Waals surface area contributed by atoms with E-state index in [4.69, 9.17) is 4.74 Å². The molecule has 1 aromatic carbocycles. The van der Waals surface area contributed by atoms with Gasteiger partial charge in [0.2, 0.25) is 0 Å². The first-order valence-electron chi connectivity index (χ1n) is 5.33. The van der Waals surface area contributed by atoms with Gasteiger partial charge in [0.25, 0.3) is 0 Å². The zero-order chi connectivity index (χ0) is 11.8. The molecule has 0 spiro atoms. The van der Waals surface area contributed by atoms with Crippen LogP contribution >= 0.6 is 0 Å². The molecule has 0 bridgehead atoms. The summed E-state index contributed by atoms with van der Waals surface area (Å²) in [6.45, 7) is 5.90. The average Bonchev–Trinajstić information content (AvgIpc) is 2.52. The van der Waals surface area contributed by atoms with Gasteiger partial charge < -0.3 is 4.74 Å². The predicted molar refractivity (Wildman–Crippen MR) is 61.8 cm³/mol. The van der Waals surface area contributed by atoms with Gasteiger partial charge in [-0.05, 0) is 12.0 Å². The first kappa shape index (κ1) is 10.7. The van der Waals surface area contributed by atoms with Crippen LogP contribution in [0.25, 0.3) is 0 Å². The van der Waals surface area contributed by atoms with Crippen LogP contribution in [0.4, 0.5) is 4.79 Å². The molecule has 0 radical (unpaired) electrons. The van der Waals surface area contributed by atoms with Crippen molar-refractivity contribution in [2.75, 3.05) is 7.05 Å². The Hall–Kier alpha value is -1.77. The monoisotopic (exact) mass is 217 g/mol. The quantitative estimate of drug-likeness (QED) is 0.762. The average molecular weight is 217 g/mol. The lowest BCUT2D eigenvalue weighted by molar-refractivity contribution is 0.163. The van der Waals surface area contributed by atoms with Gasteiger partial charge in [0.05, 0.1) is 0 Å². The first-order valence-corrected chi connectivity index (χ1v) is 5.33. The fourth-order valence-electron chi connectivity index (χ4n) is 2.31. The van der Waals surface area contributed by atoms with Gasteiger partial charge in [-0.2, -0.15) is 0 Å². The standard InChI is InChI=1S/C13H15NO2/c1-4-13(11-8-6-5-7-9-11)10(2)16-12(15)14(13)3/h5-9H,2,4H2,1,3H3. The van der Waals surface area contributed by atoms with Crippen LogP contribution in [0.1, 0.15) is 18.9 Å². The van der Waals surface area contributed by atoms with E-state index in [1.165, 1.54) is 0 Å². The molecular formula is C13H15NO2. The number of likely N-dealkylation sites (N-methyl/N-ethyl adjacent to an activating group) is 1. The Morgan fingerprint density at radius 3 is 2.44 bits per heavy atom. The number of ether oxygens (including phenoxy) is 1. The van der Waals surface area contributed by atoms with Gasteiger partial charge in [-0.3, -0.25) is 4.90 Å². The van der Waals surface area contributed by atoms with Crippen molar-refractivity contribution in [2.45, 2.75) is 18.9 Å². The second-order valence-electron chi connectivity index (χ2n) is 3.93. The number of hydrogen-bond acceptors (Lipinski definition) is 2. The van der Waals surface area contributed by atoms with Gasteiger partial charge in [0.1, 0.15) is 11.3 Å². The van der Waals surface area contributed by atoms with Crippen LogP contribution in [0.5, 0.6) is 0 Å². The Kier molecular flexibility index (Phi) is 2.46. The van der Waals surface area contributed by atoms with Gasteiger partial charge in [-0.15, -0.1) is 0 Å². The molecule has 1 aliphatic rings. The molecule has 2 rings (SSSR count). The highest BCUT2D eigenvalue weighted by Gasteiger charge is 2.48. The van der Waals surface area contributed by atoms with E-state index in [2.05, 4.69) is 6.58 Å². The zero-order valence-electron chi connectivity index (χ0n) is 9.56. The largest absolute Gasteiger partial charge is 0.415 e. The molecule has 0 N–H and O–H groups in total. The maximum absolute atomic E-state index is 11.6. The van der Waals surface area contributed by atoms with Crippen LogP contribution in [-0.4, -0.2) is 18.0 Å². The molecule has 0 aromatic heterocycles. The molecule has 16 heavy (non-hydrogen) atoms. The first-order chi connectivity index (χ1) is 7.63. The van der Waals surface area contributed by atoms with Crippen molar-refractivity contribution in [1.29, 1.82) is 0 Å². The van der Waals surface area contributed by atoms with Crippen molar-refractivity contribution in [1.82, 2.24) is 4.90 Å². The van der Waals surface area contributed by atoms with E-state index in [0.717, 1.165) is 12.0 Å². The van der Waals surface area contributed by atoms with E-state index in [0.29, 0.717) is 5.76 Å². The highest BCUT2D eigenvalue weighted by Crippen LogP contribution is 2.43. The van der Waals surface area contributed by atoms with Crippen LogP contribution < -0.4 is 0 Å². The molecular weight excluding hydrogens is 202 g/mol. The van der Waals surface area contributed by atoms with Crippen molar-refractivity contribution in [3.63, 3.8) is 0 Å². The lowest BCUT2D eigenvalue weighted by atomic mass is 9.85. The molecule has 1 aliphatic heterocycles. The number of benzene rings is 1. The van der Waals surface area contributed by atoms with Crippen molar-refractivity contribution in [3.05, 3.63) is 48.2 Å². The maximum Gasteiger partial charge on any atom is 0.415 e. The molecule has 0 aliphatic carbocycles. The summed E-state index contributed by atoms with van der Waals surface area (Å²) < 4.78 is 5.13. The van der Waals surface area contributed by atoms with E-state index in [1.807, 2.05) is 37.3 Å². The summed E-state index contributed by atoms with van der Waals surface area (Å²) in [5.74, 6) is 0.508. The smallest absolute Gasteiger partial charge is 0.412 e. The summed E-state index contributed by atoms with van der Waals surface area (Å²) in [4.78, 5) is 13.2. The van der Waals surface area contributed by atoms with Crippen molar-refractivity contribution >= 4 is 6.09 Å². The van der Waals surface area contributed by atoms with E-state index in [-0.39, 0.29) is 6.09 Å². The second-order valence-corrected chi connectivity index (χ2v) is 3.93. The lowest BCUT2D eigenvalue weighted by Gasteiger charge is -2.32. The van der Waals surface area contributed by atoms with E-state index < -0.39 is 5.54 Å². The Bertz CT molecular complexity index is 427. The molecule has 1 aromatic rings. The summed E-state index contributed by atoms with van der Waals surface area (Å²) in [6.07, 6.45) is 0.411. The molecule has 0 saturated carbocycles. The van der Waals surface area contributed by atoms with E-state index >= 15 is 0 Å². The maximum atomic E-state index is 11.6. The molecule has 1 unspecified atom stereocenters. The third kappa shape index (κ3) is 1.24. The Labute approximate surface area is 95.3 Å². The molecule has 1 saturated heterocycles. The Morgan fingerprint density at radius 2 is 2.00 bits per heavy atom. The Balaban J connectivity index is 2.56. The van der Waals surface area contributed by atoms with Gasteiger partial charge in [-0.1, -0.05) is 43.8 Å². The van der Waals surface area contributed by atoms with Crippen LogP contribution in [-0.2, 0) is 10.3 Å². The molecule has 1 amide bonds. The summed E-state index contributed by atoms with van der Waals surface area (Å²) in [5.41, 5.74) is 0.522. The number of hydrogen-bond donors (Lipinski definition) is 0. The number of nitrogens with zero attached hydrogens (tertiary/aromatic N) is 1. The highest BCUT2D eigenvalue weighted by atomic mass is 16.6. The number of carbonyl (C=O) groups is 1. The number of amides is 1. The topological polar surface area (TPSA) is 29.5 Å². The van der Waals surface area contributed by atoms with Crippen LogP contribution in [0.15, 0.2) is 42.7 Å². The molecule has 84 valence electrons. The molecule has 1 heterocycles. The molecule has 1 fully saturated rings. The minimum atomic E-state index is -0.516. The minimum Gasteiger partial charge on any atom is -0.412 e. The minimum absolute atomic E-state index is 0.337. The van der Waals surface area contributed by atoms with E-state index in [9.17, 15) is 4.79 Å². The van der Waals surface area contributed by atoms with Gasteiger partial charge in [0.15, 0.2) is 0 Å². The van der Waals surface area contributed by atoms with Crippen molar-refractivity contribution in [2.24, 2.45) is 0 Å². The van der Waals surface area contributed by atoms with Gasteiger partial charge in [0, 0.05) is 7.05 Å². The van der Waals surface area contributed by atoms with E-state index in [1.54, 1.807) is 11.9 Å². The van der Waals surface area contributed by atoms with Crippen molar-refractivity contribution in [3.8, 4) is 0 Å². The van der Waals surface area contributed by atoms with Crippen molar-refractivity contribution < 1.29 is 9.53 Å². The summed E-state index contributed by atoms with van der Waals surface area (Å²) >= 11 is 0. The highest BCUT2D eigenvalue weighted by molar-refractivity contribution is 5.74. The predicted octanol–water partition coefficient (Wildman–Crippen LogP) is 2.89. The Morgan fingerprint density at radius 1 is 1.38 bits per heavy atom.